The van der Waals surface area contributed by atoms with Crippen LogP contribution in [0.5, 0.6) is 0 Å². The van der Waals surface area contributed by atoms with Crippen molar-refractivity contribution in [3.05, 3.63) is 152 Å². The average Bonchev–Trinajstić information content (AvgIpc) is 3.81. The summed E-state index contributed by atoms with van der Waals surface area (Å²) < 4.78 is 19.9. The van der Waals surface area contributed by atoms with Gasteiger partial charge in [-0.15, -0.1) is 0 Å². The number of hydrogen-bond donors (Lipinski definition) is 0. The minimum absolute atomic E-state index is 0.797. The zero-order valence-corrected chi connectivity index (χ0v) is 24.6. The van der Waals surface area contributed by atoms with E-state index in [0.29, 0.717) is 0 Å². The summed E-state index contributed by atoms with van der Waals surface area (Å²) in [6.07, 6.45) is 0. The quantitative estimate of drug-likeness (QED) is 0.204. The van der Waals surface area contributed by atoms with Gasteiger partial charge in [-0.25, -0.2) is 0 Å². The van der Waals surface area contributed by atoms with Crippen LogP contribution in [-0.2, 0) is 0 Å². The normalized spacial score (nSPS) is 11.9. The number of benzene rings is 7. The van der Waals surface area contributed by atoms with Crippen molar-refractivity contribution in [3.63, 3.8) is 0 Å². The van der Waals surface area contributed by atoms with E-state index in [4.69, 9.17) is 13.3 Å². The summed E-state index contributed by atoms with van der Waals surface area (Å²) in [7, 11) is 0. The predicted molar refractivity (Wildman–Crippen MR) is 188 cm³/mol. The highest BCUT2D eigenvalue weighted by molar-refractivity contribution is 6.30. The Bertz CT molecular complexity index is 2710. The van der Waals surface area contributed by atoms with Gasteiger partial charge in [-0.2, -0.15) is 0 Å². The molecule has 0 spiro atoms. The lowest BCUT2D eigenvalue weighted by atomic mass is 9.95. The monoisotopic (exact) mass is 591 g/mol. The molecular formula is C42H25NO3. The lowest BCUT2D eigenvalue weighted by Gasteiger charge is -2.25. The summed E-state index contributed by atoms with van der Waals surface area (Å²) >= 11 is 0. The molecule has 0 atom stereocenters. The second kappa shape index (κ2) is 9.62. The SMILES string of the molecule is c1ccc(N(c2ccccc2)c2ccc(-c3cccc4c3oc3ccccc34)c3c2oc2ccc4oc5ccccc5c4c23)cc1. The molecule has 216 valence electrons. The van der Waals surface area contributed by atoms with Crippen molar-refractivity contribution in [2.24, 2.45) is 0 Å². The fraction of sp³-hybridized carbons (Fsp3) is 0. The van der Waals surface area contributed by atoms with Gasteiger partial charge in [-0.3, -0.25) is 0 Å². The van der Waals surface area contributed by atoms with E-state index >= 15 is 0 Å². The Morgan fingerprint density at radius 3 is 1.65 bits per heavy atom. The fourth-order valence-corrected chi connectivity index (χ4v) is 7.11. The maximum absolute atomic E-state index is 6.95. The first kappa shape index (κ1) is 25.1. The van der Waals surface area contributed by atoms with Crippen LogP contribution in [0.4, 0.5) is 17.1 Å². The smallest absolute Gasteiger partial charge is 0.160 e. The van der Waals surface area contributed by atoms with Crippen LogP contribution >= 0.6 is 0 Å². The highest BCUT2D eigenvalue weighted by Gasteiger charge is 2.25. The molecule has 7 aromatic carbocycles. The zero-order chi connectivity index (χ0) is 30.2. The van der Waals surface area contributed by atoms with Crippen LogP contribution in [0.15, 0.2) is 165 Å². The Morgan fingerprint density at radius 1 is 0.326 bits per heavy atom. The van der Waals surface area contributed by atoms with Crippen LogP contribution in [0.25, 0.3) is 76.9 Å². The first-order valence-corrected chi connectivity index (χ1v) is 15.4. The molecule has 0 unspecified atom stereocenters. The molecule has 0 aliphatic carbocycles. The van der Waals surface area contributed by atoms with E-state index in [2.05, 4.69) is 108 Å². The van der Waals surface area contributed by atoms with Gasteiger partial charge < -0.3 is 18.2 Å². The summed E-state index contributed by atoms with van der Waals surface area (Å²) in [6.45, 7) is 0. The van der Waals surface area contributed by atoms with Gasteiger partial charge in [0, 0.05) is 49.3 Å². The van der Waals surface area contributed by atoms with Crippen molar-refractivity contribution < 1.29 is 13.3 Å². The summed E-state index contributed by atoms with van der Waals surface area (Å²) in [6, 6.07) is 52.2. The lowest BCUT2D eigenvalue weighted by molar-refractivity contribution is 0.663. The molecule has 0 saturated carbocycles. The third-order valence-electron chi connectivity index (χ3n) is 9.07. The van der Waals surface area contributed by atoms with Crippen LogP contribution in [0.1, 0.15) is 0 Å². The van der Waals surface area contributed by atoms with E-state index in [1.165, 1.54) is 0 Å². The first-order chi connectivity index (χ1) is 22.8. The number of hydrogen-bond acceptors (Lipinski definition) is 4. The number of furan rings is 3. The van der Waals surface area contributed by atoms with Crippen molar-refractivity contribution >= 4 is 82.9 Å². The van der Waals surface area contributed by atoms with Crippen molar-refractivity contribution in [2.45, 2.75) is 0 Å². The number of nitrogens with zero attached hydrogens (tertiary/aromatic N) is 1. The predicted octanol–water partition coefficient (Wildman–Crippen LogP) is 12.5. The molecular weight excluding hydrogens is 566 g/mol. The van der Waals surface area contributed by atoms with Gasteiger partial charge in [0.15, 0.2) is 5.58 Å². The second-order valence-corrected chi connectivity index (χ2v) is 11.6. The van der Waals surface area contributed by atoms with Crippen molar-refractivity contribution in [1.82, 2.24) is 0 Å². The minimum Gasteiger partial charge on any atom is -0.456 e. The van der Waals surface area contributed by atoms with Crippen molar-refractivity contribution in [3.8, 4) is 11.1 Å². The van der Waals surface area contributed by atoms with Crippen LogP contribution in [-0.4, -0.2) is 0 Å². The van der Waals surface area contributed by atoms with E-state index in [-0.39, 0.29) is 0 Å². The number of anilines is 3. The molecule has 0 bridgehead atoms. The molecule has 0 aliphatic rings. The van der Waals surface area contributed by atoms with Crippen LogP contribution in [0, 0.1) is 0 Å². The van der Waals surface area contributed by atoms with Gasteiger partial charge in [0.05, 0.1) is 5.69 Å². The first-order valence-electron chi connectivity index (χ1n) is 15.4. The van der Waals surface area contributed by atoms with Gasteiger partial charge in [0.1, 0.15) is 27.9 Å². The lowest BCUT2D eigenvalue weighted by Crippen LogP contribution is -2.10. The van der Waals surface area contributed by atoms with Gasteiger partial charge in [-0.05, 0) is 60.2 Å². The Balaban J connectivity index is 1.38. The van der Waals surface area contributed by atoms with Crippen molar-refractivity contribution in [1.29, 1.82) is 0 Å². The van der Waals surface area contributed by atoms with E-state index in [1.54, 1.807) is 0 Å². The van der Waals surface area contributed by atoms with E-state index in [1.807, 2.05) is 48.5 Å². The number of rotatable bonds is 4. The average molecular weight is 592 g/mol. The van der Waals surface area contributed by atoms with E-state index < -0.39 is 0 Å². The Hall–Kier alpha value is -6.26. The van der Waals surface area contributed by atoms with Crippen LogP contribution in [0.3, 0.4) is 0 Å². The highest BCUT2D eigenvalue weighted by atomic mass is 16.3. The summed E-state index contributed by atoms with van der Waals surface area (Å²) in [5.74, 6) is 0. The molecule has 4 nitrogen and oxygen atoms in total. The maximum atomic E-state index is 6.95. The van der Waals surface area contributed by atoms with Gasteiger partial charge in [-0.1, -0.05) is 97.1 Å². The van der Waals surface area contributed by atoms with Crippen LogP contribution in [0.2, 0.25) is 0 Å². The molecule has 10 aromatic rings. The molecule has 3 aromatic heterocycles. The Kier molecular flexibility index (Phi) is 5.25. The third kappa shape index (κ3) is 3.55. The van der Waals surface area contributed by atoms with E-state index in [0.717, 1.165) is 94.0 Å². The molecule has 0 radical (unpaired) electrons. The standard InChI is InChI=1S/C42H25NO3/c1-3-12-26(13-4-1)43(27-14-5-2-6-15-27)33-23-22-29(31-19-11-18-30-28-16-7-9-20-34(28)45-41(30)31)39-40-37(46-42(33)39)25-24-36-38(40)32-17-8-10-21-35(32)44-36/h1-25H. The molecule has 3 heterocycles. The molecule has 0 saturated heterocycles. The summed E-state index contributed by atoms with van der Waals surface area (Å²) in [4.78, 5) is 2.26. The fourth-order valence-electron chi connectivity index (χ4n) is 7.11. The molecule has 10 rings (SSSR count). The molecule has 0 amide bonds. The summed E-state index contributed by atoms with van der Waals surface area (Å²) in [5, 5.41) is 6.36. The third-order valence-corrected chi connectivity index (χ3v) is 9.07. The van der Waals surface area contributed by atoms with Gasteiger partial charge in [0.2, 0.25) is 0 Å². The van der Waals surface area contributed by atoms with Crippen LogP contribution < -0.4 is 4.90 Å². The molecule has 4 heteroatoms. The molecule has 0 fully saturated rings. The van der Waals surface area contributed by atoms with E-state index in [9.17, 15) is 0 Å². The largest absolute Gasteiger partial charge is 0.456 e. The van der Waals surface area contributed by atoms with Crippen molar-refractivity contribution in [2.75, 3.05) is 4.90 Å². The topological polar surface area (TPSA) is 42.7 Å². The van der Waals surface area contributed by atoms with Gasteiger partial charge >= 0.3 is 0 Å². The molecule has 0 aliphatic heterocycles. The molecule has 46 heavy (non-hydrogen) atoms. The second-order valence-electron chi connectivity index (χ2n) is 11.6. The number of fused-ring (bicyclic) bond motifs is 10. The zero-order valence-electron chi connectivity index (χ0n) is 24.6. The van der Waals surface area contributed by atoms with Gasteiger partial charge in [0.25, 0.3) is 0 Å². The Morgan fingerprint density at radius 2 is 0.913 bits per heavy atom. The highest BCUT2D eigenvalue weighted by Crippen LogP contribution is 2.49. The summed E-state index contributed by atoms with van der Waals surface area (Å²) in [5.41, 5.74) is 10.1. The number of para-hydroxylation sites is 5. The minimum atomic E-state index is 0.797. The Labute approximate surface area is 263 Å². The molecule has 0 N–H and O–H groups in total. The maximum Gasteiger partial charge on any atom is 0.160 e.